The molecular weight excluding hydrogens is 443 g/mol. The average Bonchev–Trinajstić information content (AvgIpc) is 2.86. The highest BCUT2D eigenvalue weighted by Gasteiger charge is 2.14. The first-order chi connectivity index (χ1) is 17.1. The maximum absolute atomic E-state index is 15.0. The fraction of sp³-hybridized carbons (Fsp3) is 0.367. The summed E-state index contributed by atoms with van der Waals surface area (Å²) in [5.74, 6) is 0.000382. The minimum absolute atomic E-state index is 0.0502. The fourth-order valence-electron chi connectivity index (χ4n) is 3.94. The quantitative estimate of drug-likeness (QED) is 0.166. The standard InChI is InChI=1S/C30H35FO4/c1-3-5-6-7-8-9-21-34-27-19-17-25-22-26(35-30(32)28(25)29(27)31)18-16-24-14-12-23(13-15-24)11-10-20-33-4-2/h4,10-15,17,19,22H,2-3,5-9,16,18,20-21H2,1H3/b11-10+. The molecule has 35 heavy (non-hydrogen) atoms. The van der Waals surface area contributed by atoms with E-state index in [0.717, 1.165) is 30.4 Å². The van der Waals surface area contributed by atoms with Crippen LogP contribution in [0.2, 0.25) is 0 Å². The molecule has 0 aliphatic heterocycles. The van der Waals surface area contributed by atoms with Crippen molar-refractivity contribution in [1.29, 1.82) is 0 Å². The summed E-state index contributed by atoms with van der Waals surface area (Å²) < 4.78 is 31.1. The van der Waals surface area contributed by atoms with Gasteiger partial charge in [0.05, 0.1) is 12.9 Å². The van der Waals surface area contributed by atoms with Gasteiger partial charge in [-0.15, -0.1) is 0 Å². The van der Waals surface area contributed by atoms with Gasteiger partial charge < -0.3 is 13.9 Å². The van der Waals surface area contributed by atoms with Gasteiger partial charge in [0.25, 0.3) is 0 Å². The maximum Gasteiger partial charge on any atom is 0.346 e. The van der Waals surface area contributed by atoms with Crippen molar-refractivity contribution in [2.45, 2.75) is 58.3 Å². The van der Waals surface area contributed by atoms with Crippen molar-refractivity contribution >= 4 is 16.8 Å². The molecule has 4 nitrogen and oxygen atoms in total. The largest absolute Gasteiger partial charge is 0.498 e. The van der Waals surface area contributed by atoms with Crippen LogP contribution in [0.5, 0.6) is 5.75 Å². The van der Waals surface area contributed by atoms with Crippen molar-refractivity contribution in [2.75, 3.05) is 13.2 Å². The Labute approximate surface area is 207 Å². The molecule has 0 aliphatic carbocycles. The lowest BCUT2D eigenvalue weighted by Gasteiger charge is -2.09. The van der Waals surface area contributed by atoms with Crippen molar-refractivity contribution in [3.63, 3.8) is 0 Å². The number of rotatable bonds is 15. The first-order valence-corrected chi connectivity index (χ1v) is 12.5. The summed E-state index contributed by atoms with van der Waals surface area (Å²) in [4.78, 5) is 12.6. The van der Waals surface area contributed by atoms with E-state index in [0.29, 0.717) is 37.2 Å². The Kier molecular flexibility index (Phi) is 10.6. The Morgan fingerprint density at radius 1 is 1.00 bits per heavy atom. The number of hydrogen-bond donors (Lipinski definition) is 0. The third kappa shape index (κ3) is 8.13. The molecule has 0 saturated carbocycles. The molecule has 1 aromatic heterocycles. The molecule has 0 N–H and O–H groups in total. The van der Waals surface area contributed by atoms with Crippen LogP contribution in [0.25, 0.3) is 16.8 Å². The van der Waals surface area contributed by atoms with Crippen LogP contribution >= 0.6 is 0 Å². The van der Waals surface area contributed by atoms with Gasteiger partial charge in [0.15, 0.2) is 11.6 Å². The highest BCUT2D eigenvalue weighted by atomic mass is 19.1. The van der Waals surface area contributed by atoms with Gasteiger partial charge in [0, 0.05) is 6.42 Å². The molecule has 0 atom stereocenters. The molecule has 1 heterocycles. The van der Waals surface area contributed by atoms with Crippen LogP contribution in [0.3, 0.4) is 0 Å². The Hall–Kier alpha value is -3.34. The third-order valence-electron chi connectivity index (χ3n) is 5.90. The molecule has 2 aromatic carbocycles. The van der Waals surface area contributed by atoms with E-state index < -0.39 is 11.4 Å². The van der Waals surface area contributed by atoms with Crippen molar-refractivity contribution in [1.82, 2.24) is 0 Å². The third-order valence-corrected chi connectivity index (χ3v) is 5.90. The summed E-state index contributed by atoms with van der Waals surface area (Å²) >= 11 is 0. The number of benzene rings is 2. The van der Waals surface area contributed by atoms with E-state index >= 15 is 0 Å². The summed E-state index contributed by atoms with van der Waals surface area (Å²) in [5.41, 5.74) is 1.53. The van der Waals surface area contributed by atoms with Crippen LogP contribution in [-0.4, -0.2) is 13.2 Å². The molecule has 0 aliphatic rings. The van der Waals surface area contributed by atoms with Crippen LogP contribution in [0.15, 0.2) is 70.6 Å². The lowest BCUT2D eigenvalue weighted by molar-refractivity contribution is 0.291. The predicted molar refractivity (Wildman–Crippen MR) is 140 cm³/mol. The summed E-state index contributed by atoms with van der Waals surface area (Å²) in [6, 6.07) is 13.2. The number of unbranched alkanes of at least 4 members (excludes halogenated alkanes) is 5. The summed E-state index contributed by atoms with van der Waals surface area (Å²) in [7, 11) is 0. The Balaban J connectivity index is 1.58. The van der Waals surface area contributed by atoms with Gasteiger partial charge in [-0.2, -0.15) is 0 Å². The van der Waals surface area contributed by atoms with Crippen LogP contribution in [0, 0.1) is 5.82 Å². The maximum atomic E-state index is 15.0. The van der Waals surface area contributed by atoms with Crippen molar-refractivity contribution in [2.24, 2.45) is 0 Å². The van der Waals surface area contributed by atoms with Crippen LogP contribution in [0.4, 0.5) is 4.39 Å². The van der Waals surface area contributed by atoms with Crippen molar-refractivity contribution in [3.8, 4) is 5.75 Å². The molecule has 0 unspecified atom stereocenters. The van der Waals surface area contributed by atoms with E-state index in [2.05, 4.69) is 13.5 Å². The van der Waals surface area contributed by atoms with Gasteiger partial charge in [0.2, 0.25) is 0 Å². The molecule has 0 spiro atoms. The monoisotopic (exact) mass is 478 g/mol. The second kappa shape index (κ2) is 14.1. The Morgan fingerprint density at radius 2 is 1.77 bits per heavy atom. The SMILES string of the molecule is C=COC/C=C/c1ccc(CCc2cc3ccc(OCCCCCCCC)c(F)c3c(=O)o2)cc1. The van der Waals surface area contributed by atoms with Gasteiger partial charge in [-0.05, 0) is 47.6 Å². The number of halogens is 1. The van der Waals surface area contributed by atoms with E-state index in [-0.39, 0.29) is 11.1 Å². The highest BCUT2D eigenvalue weighted by molar-refractivity contribution is 5.83. The molecule has 186 valence electrons. The van der Waals surface area contributed by atoms with E-state index in [9.17, 15) is 9.18 Å². The van der Waals surface area contributed by atoms with Gasteiger partial charge in [-0.25, -0.2) is 9.18 Å². The van der Waals surface area contributed by atoms with E-state index in [1.165, 1.54) is 25.5 Å². The van der Waals surface area contributed by atoms with Crippen molar-refractivity contribution in [3.05, 3.63) is 94.5 Å². The molecule has 0 amide bonds. The first-order valence-electron chi connectivity index (χ1n) is 12.5. The zero-order chi connectivity index (χ0) is 24.9. The highest BCUT2D eigenvalue weighted by Crippen LogP contribution is 2.25. The lowest BCUT2D eigenvalue weighted by Crippen LogP contribution is -2.07. The fourth-order valence-corrected chi connectivity index (χ4v) is 3.94. The summed E-state index contributed by atoms with van der Waals surface area (Å²) in [5, 5.41) is 0.480. The summed E-state index contributed by atoms with van der Waals surface area (Å²) in [6.07, 6.45) is 13.3. The molecule has 5 heteroatoms. The minimum Gasteiger partial charge on any atom is -0.498 e. The lowest BCUT2D eigenvalue weighted by atomic mass is 10.0. The van der Waals surface area contributed by atoms with Gasteiger partial charge in [-0.1, -0.05) is 82.0 Å². The van der Waals surface area contributed by atoms with E-state index in [4.69, 9.17) is 13.9 Å². The Morgan fingerprint density at radius 3 is 2.54 bits per heavy atom. The predicted octanol–water partition coefficient (Wildman–Crippen LogP) is 7.63. The van der Waals surface area contributed by atoms with Crippen molar-refractivity contribution < 1.29 is 18.3 Å². The van der Waals surface area contributed by atoms with Crippen LogP contribution in [-0.2, 0) is 17.6 Å². The summed E-state index contributed by atoms with van der Waals surface area (Å²) in [6.45, 7) is 6.62. The number of hydrogen-bond acceptors (Lipinski definition) is 4. The normalized spacial score (nSPS) is 11.3. The molecular formula is C30H35FO4. The van der Waals surface area contributed by atoms with Gasteiger partial charge >= 0.3 is 5.63 Å². The minimum atomic E-state index is -0.665. The number of aryl methyl sites for hydroxylation is 2. The smallest absolute Gasteiger partial charge is 0.346 e. The number of ether oxygens (including phenoxy) is 2. The molecule has 0 bridgehead atoms. The topological polar surface area (TPSA) is 48.7 Å². The molecule has 0 radical (unpaired) electrons. The molecule has 0 fully saturated rings. The Bertz CT molecular complexity index is 1160. The zero-order valence-electron chi connectivity index (χ0n) is 20.6. The van der Waals surface area contributed by atoms with Gasteiger partial charge in [0.1, 0.15) is 17.8 Å². The van der Waals surface area contributed by atoms with E-state index in [1.54, 1.807) is 18.2 Å². The zero-order valence-corrected chi connectivity index (χ0v) is 20.6. The average molecular weight is 479 g/mol. The first kappa shape index (κ1) is 26.3. The second-order valence-electron chi connectivity index (χ2n) is 8.60. The van der Waals surface area contributed by atoms with Crippen LogP contribution in [0.1, 0.15) is 62.3 Å². The van der Waals surface area contributed by atoms with Gasteiger partial charge in [-0.3, -0.25) is 0 Å². The number of fused-ring (bicyclic) bond motifs is 1. The van der Waals surface area contributed by atoms with E-state index in [1.807, 2.05) is 36.4 Å². The van der Waals surface area contributed by atoms with Crippen LogP contribution < -0.4 is 10.4 Å². The molecule has 0 saturated heterocycles. The molecule has 3 aromatic rings. The molecule has 3 rings (SSSR count). The second-order valence-corrected chi connectivity index (χ2v) is 8.60.